The van der Waals surface area contributed by atoms with E-state index in [0.29, 0.717) is 12.0 Å². The van der Waals surface area contributed by atoms with Crippen LogP contribution in [0.1, 0.15) is 20.8 Å². The Morgan fingerprint density at radius 3 is 2.35 bits per heavy atom. The highest BCUT2D eigenvalue weighted by atomic mass is 127. The van der Waals surface area contributed by atoms with Crippen molar-refractivity contribution in [1.82, 2.24) is 20.4 Å². The summed E-state index contributed by atoms with van der Waals surface area (Å²) in [6, 6.07) is 0.532. The summed E-state index contributed by atoms with van der Waals surface area (Å²) >= 11 is 1.86. The average Bonchev–Trinajstić information content (AvgIpc) is 2.49. The van der Waals surface area contributed by atoms with Crippen LogP contribution in [0.15, 0.2) is 4.99 Å². The molecule has 1 aliphatic rings. The summed E-state index contributed by atoms with van der Waals surface area (Å²) in [7, 11) is 2.21. The van der Waals surface area contributed by atoms with E-state index in [4.69, 9.17) is 4.99 Å². The molecule has 1 saturated heterocycles. The van der Waals surface area contributed by atoms with Crippen LogP contribution in [0.2, 0.25) is 0 Å². The zero-order valence-electron chi connectivity index (χ0n) is 15.5. The summed E-state index contributed by atoms with van der Waals surface area (Å²) in [6.45, 7) is 14.1. The van der Waals surface area contributed by atoms with E-state index < -0.39 is 0 Å². The standard InChI is InChI=1S/C16H35N5S.HI/c1-6-17-16(18-7-12-22-5)19-13-15(14(2)3)21-10-8-20(4)9-11-21;/h14-15H,6-13H2,1-5H3,(H2,17,18,19);1H. The molecule has 1 rings (SSSR count). The zero-order valence-corrected chi connectivity index (χ0v) is 18.6. The molecule has 1 atom stereocenters. The molecular weight excluding hydrogens is 421 g/mol. The Morgan fingerprint density at radius 1 is 1.17 bits per heavy atom. The lowest BCUT2D eigenvalue weighted by Gasteiger charge is -2.39. The molecule has 0 amide bonds. The molecule has 1 unspecified atom stereocenters. The number of nitrogens with one attached hydrogen (secondary N) is 2. The van der Waals surface area contributed by atoms with Gasteiger partial charge in [-0.15, -0.1) is 24.0 Å². The predicted octanol–water partition coefficient (Wildman–Crippen LogP) is 1.79. The molecule has 23 heavy (non-hydrogen) atoms. The van der Waals surface area contributed by atoms with E-state index in [2.05, 4.69) is 54.5 Å². The van der Waals surface area contributed by atoms with E-state index in [1.165, 1.54) is 13.1 Å². The molecule has 0 spiro atoms. The van der Waals surface area contributed by atoms with Crippen LogP contribution < -0.4 is 10.6 Å². The topological polar surface area (TPSA) is 42.9 Å². The lowest BCUT2D eigenvalue weighted by Crippen LogP contribution is -2.52. The van der Waals surface area contributed by atoms with Crippen LogP contribution in [-0.4, -0.2) is 86.7 Å². The lowest BCUT2D eigenvalue weighted by atomic mass is 10.0. The minimum absolute atomic E-state index is 0. The maximum atomic E-state index is 4.83. The van der Waals surface area contributed by atoms with Crippen LogP contribution in [0.25, 0.3) is 0 Å². The predicted molar refractivity (Wildman–Crippen MR) is 115 cm³/mol. The van der Waals surface area contributed by atoms with Crippen LogP contribution in [0.5, 0.6) is 0 Å². The molecule has 0 radical (unpaired) electrons. The van der Waals surface area contributed by atoms with Gasteiger partial charge in [0.2, 0.25) is 0 Å². The number of guanidine groups is 1. The number of nitrogens with zero attached hydrogens (tertiary/aromatic N) is 3. The van der Waals surface area contributed by atoms with Crippen molar-refractivity contribution < 1.29 is 0 Å². The Hall–Kier alpha value is 0.270. The summed E-state index contributed by atoms with van der Waals surface area (Å²) in [5.41, 5.74) is 0. The van der Waals surface area contributed by atoms with Crippen molar-refractivity contribution >= 4 is 41.7 Å². The highest BCUT2D eigenvalue weighted by molar-refractivity contribution is 14.0. The normalized spacial score (nSPS) is 18.6. The van der Waals surface area contributed by atoms with Crippen molar-refractivity contribution in [3.63, 3.8) is 0 Å². The molecular formula is C16H36IN5S. The summed E-state index contributed by atoms with van der Waals surface area (Å²) in [4.78, 5) is 9.85. The Morgan fingerprint density at radius 2 is 1.83 bits per heavy atom. The van der Waals surface area contributed by atoms with Crippen molar-refractivity contribution in [2.45, 2.75) is 26.8 Å². The maximum absolute atomic E-state index is 4.83. The molecule has 0 aromatic heterocycles. The maximum Gasteiger partial charge on any atom is 0.191 e. The van der Waals surface area contributed by atoms with Gasteiger partial charge in [-0.25, -0.2) is 0 Å². The second kappa shape index (κ2) is 13.5. The first-order valence-electron chi connectivity index (χ1n) is 8.52. The summed E-state index contributed by atoms with van der Waals surface area (Å²) < 4.78 is 0. The molecule has 2 N–H and O–H groups in total. The summed E-state index contributed by atoms with van der Waals surface area (Å²) in [5, 5.41) is 6.77. The van der Waals surface area contributed by atoms with Crippen LogP contribution in [0.4, 0.5) is 0 Å². The van der Waals surface area contributed by atoms with Crippen molar-refractivity contribution in [3.05, 3.63) is 0 Å². The largest absolute Gasteiger partial charge is 0.357 e. The average molecular weight is 457 g/mol. The third-order valence-corrected chi connectivity index (χ3v) is 4.77. The minimum Gasteiger partial charge on any atom is -0.357 e. The quantitative estimate of drug-likeness (QED) is 0.252. The third-order valence-electron chi connectivity index (χ3n) is 4.16. The molecule has 0 aliphatic carbocycles. The minimum atomic E-state index is 0. The first-order chi connectivity index (χ1) is 10.6. The molecule has 1 heterocycles. The second-order valence-corrected chi connectivity index (χ2v) is 7.28. The van der Waals surface area contributed by atoms with Gasteiger partial charge in [-0.1, -0.05) is 13.8 Å². The van der Waals surface area contributed by atoms with Gasteiger partial charge < -0.3 is 15.5 Å². The van der Waals surface area contributed by atoms with Gasteiger partial charge in [0, 0.05) is 51.1 Å². The fourth-order valence-electron chi connectivity index (χ4n) is 2.70. The molecule has 0 aromatic carbocycles. The highest BCUT2D eigenvalue weighted by Gasteiger charge is 2.24. The van der Waals surface area contributed by atoms with E-state index in [1.54, 1.807) is 0 Å². The van der Waals surface area contributed by atoms with E-state index in [-0.39, 0.29) is 24.0 Å². The van der Waals surface area contributed by atoms with Crippen molar-refractivity contribution in [2.24, 2.45) is 10.9 Å². The molecule has 0 bridgehead atoms. The number of aliphatic imine (C=N–C) groups is 1. The molecule has 1 aliphatic heterocycles. The van der Waals surface area contributed by atoms with Gasteiger partial charge in [0.15, 0.2) is 5.96 Å². The van der Waals surface area contributed by atoms with E-state index in [9.17, 15) is 0 Å². The second-order valence-electron chi connectivity index (χ2n) is 6.29. The summed E-state index contributed by atoms with van der Waals surface area (Å²) in [6.07, 6.45) is 2.13. The van der Waals surface area contributed by atoms with E-state index >= 15 is 0 Å². The summed E-state index contributed by atoms with van der Waals surface area (Å²) in [5.74, 6) is 2.69. The van der Waals surface area contributed by atoms with Crippen LogP contribution >= 0.6 is 35.7 Å². The number of thioether (sulfide) groups is 1. The SMILES string of the molecule is CCNC(=NCC(C(C)C)N1CCN(C)CC1)NCCSC.I. The number of hydrogen-bond donors (Lipinski definition) is 2. The van der Waals surface area contributed by atoms with Crippen molar-refractivity contribution in [2.75, 3.05) is 64.9 Å². The third kappa shape index (κ3) is 9.36. The molecule has 1 fully saturated rings. The van der Waals surface area contributed by atoms with Gasteiger partial charge in [-0.3, -0.25) is 9.89 Å². The fraction of sp³-hybridized carbons (Fsp3) is 0.938. The lowest BCUT2D eigenvalue weighted by molar-refractivity contribution is 0.0925. The Kier molecular flexibility index (Phi) is 13.7. The Labute approximate surface area is 164 Å². The monoisotopic (exact) mass is 457 g/mol. The Bertz CT molecular complexity index is 320. The van der Waals surface area contributed by atoms with Gasteiger partial charge in [0.1, 0.15) is 0 Å². The number of hydrogen-bond acceptors (Lipinski definition) is 4. The number of likely N-dealkylation sites (N-methyl/N-ethyl adjacent to an activating group) is 1. The van der Waals surface area contributed by atoms with Gasteiger partial charge >= 0.3 is 0 Å². The van der Waals surface area contributed by atoms with Gasteiger partial charge in [-0.05, 0) is 26.1 Å². The van der Waals surface area contributed by atoms with Gasteiger partial charge in [0.05, 0.1) is 6.54 Å². The number of rotatable bonds is 8. The van der Waals surface area contributed by atoms with Crippen LogP contribution in [-0.2, 0) is 0 Å². The molecule has 7 heteroatoms. The number of piperazine rings is 1. The van der Waals surface area contributed by atoms with Crippen LogP contribution in [0.3, 0.4) is 0 Å². The van der Waals surface area contributed by atoms with E-state index in [1.807, 2.05) is 11.8 Å². The van der Waals surface area contributed by atoms with Crippen molar-refractivity contribution in [1.29, 1.82) is 0 Å². The Balaban J connectivity index is 0.00000484. The highest BCUT2D eigenvalue weighted by Crippen LogP contribution is 2.13. The van der Waals surface area contributed by atoms with Crippen molar-refractivity contribution in [3.8, 4) is 0 Å². The fourth-order valence-corrected chi connectivity index (χ4v) is 3.01. The smallest absolute Gasteiger partial charge is 0.191 e. The first kappa shape index (κ1) is 23.3. The molecule has 0 aromatic rings. The van der Waals surface area contributed by atoms with Crippen LogP contribution in [0, 0.1) is 5.92 Å². The van der Waals surface area contributed by atoms with E-state index in [0.717, 1.165) is 44.4 Å². The zero-order chi connectivity index (χ0) is 16.4. The number of halogens is 1. The first-order valence-corrected chi connectivity index (χ1v) is 9.91. The van der Waals surface area contributed by atoms with Gasteiger partial charge in [0.25, 0.3) is 0 Å². The van der Waals surface area contributed by atoms with Gasteiger partial charge in [-0.2, -0.15) is 11.8 Å². The molecule has 5 nitrogen and oxygen atoms in total. The molecule has 138 valence electrons. The molecule has 0 saturated carbocycles.